The monoisotopic (exact) mass is 285 g/mol. The number of carbonyl (C=O) groups is 2. The van der Waals surface area contributed by atoms with Gasteiger partial charge in [0.2, 0.25) is 6.04 Å². The fourth-order valence-corrected chi connectivity index (χ4v) is 1.77. The molecule has 1 atom stereocenters. The van der Waals surface area contributed by atoms with Crippen LogP contribution < -0.4 is 16.4 Å². The van der Waals surface area contributed by atoms with Gasteiger partial charge in [-0.2, -0.15) is 0 Å². The predicted molar refractivity (Wildman–Crippen MR) is 75.5 cm³/mol. The van der Waals surface area contributed by atoms with Crippen LogP contribution in [-0.2, 0) is 14.3 Å². The number of nitrogen functional groups attached to an aromatic ring is 1. The highest BCUT2D eigenvalue weighted by Gasteiger charge is 2.32. The lowest BCUT2D eigenvalue weighted by Crippen LogP contribution is -2.45. The second kappa shape index (κ2) is 5.79. The minimum absolute atomic E-state index is 0. The third-order valence-electron chi connectivity index (χ3n) is 2.75. The Morgan fingerprint density at radius 3 is 2.74 bits per heavy atom. The van der Waals surface area contributed by atoms with E-state index in [0.29, 0.717) is 17.1 Å². The zero-order chi connectivity index (χ0) is 13.3. The predicted octanol–water partition coefficient (Wildman–Crippen LogP) is 1.29. The summed E-state index contributed by atoms with van der Waals surface area (Å²) in [6.07, 6.45) is 0. The number of aryl methyl sites for hydroxylation is 1. The number of fused-ring (bicyclic) bond motifs is 1. The Kier molecular flexibility index (Phi) is 4.61. The van der Waals surface area contributed by atoms with Gasteiger partial charge in [0.25, 0.3) is 5.91 Å². The second-order valence-corrected chi connectivity index (χ2v) is 4.07. The van der Waals surface area contributed by atoms with Crippen LogP contribution in [-0.4, -0.2) is 24.5 Å². The van der Waals surface area contributed by atoms with Crippen molar-refractivity contribution in [2.45, 2.75) is 19.9 Å². The Morgan fingerprint density at radius 1 is 1.42 bits per heavy atom. The van der Waals surface area contributed by atoms with Crippen molar-refractivity contribution in [3.05, 3.63) is 17.7 Å². The third-order valence-corrected chi connectivity index (χ3v) is 2.75. The minimum Gasteiger partial charge on any atom is -0.464 e. The number of amides is 1. The highest BCUT2D eigenvalue weighted by atomic mass is 35.5. The summed E-state index contributed by atoms with van der Waals surface area (Å²) in [4.78, 5) is 23.4. The SMILES string of the molecule is CCOC(=O)C1Nc2cc(N)c(C)cc2NC1=O.Cl. The van der Waals surface area contributed by atoms with Crippen LogP contribution in [0.2, 0.25) is 0 Å². The number of nitrogens with one attached hydrogen (secondary N) is 2. The Hall–Kier alpha value is -1.95. The number of anilines is 3. The molecule has 7 heteroatoms. The zero-order valence-electron chi connectivity index (χ0n) is 10.6. The lowest BCUT2D eigenvalue weighted by atomic mass is 10.1. The maximum atomic E-state index is 11.8. The van der Waals surface area contributed by atoms with Gasteiger partial charge in [-0.05, 0) is 31.5 Å². The second-order valence-electron chi connectivity index (χ2n) is 4.07. The molecule has 0 aromatic heterocycles. The van der Waals surface area contributed by atoms with Crippen LogP contribution in [0.3, 0.4) is 0 Å². The summed E-state index contributed by atoms with van der Waals surface area (Å²) in [7, 11) is 0. The smallest absolute Gasteiger partial charge is 0.338 e. The summed E-state index contributed by atoms with van der Waals surface area (Å²) < 4.78 is 4.83. The van der Waals surface area contributed by atoms with Gasteiger partial charge in [-0.3, -0.25) is 4.79 Å². The van der Waals surface area contributed by atoms with Crippen molar-refractivity contribution in [3.8, 4) is 0 Å². The molecule has 19 heavy (non-hydrogen) atoms. The van der Waals surface area contributed by atoms with E-state index in [1.807, 2.05) is 6.92 Å². The molecule has 1 unspecified atom stereocenters. The van der Waals surface area contributed by atoms with Crippen LogP contribution in [0.5, 0.6) is 0 Å². The quantitative estimate of drug-likeness (QED) is 0.432. The number of carbonyl (C=O) groups excluding carboxylic acids is 2. The Bertz CT molecular complexity index is 519. The highest BCUT2D eigenvalue weighted by molar-refractivity contribution is 6.14. The molecule has 4 N–H and O–H groups in total. The van der Waals surface area contributed by atoms with Crippen molar-refractivity contribution < 1.29 is 14.3 Å². The molecule has 0 saturated carbocycles. The molecule has 1 aliphatic rings. The van der Waals surface area contributed by atoms with E-state index in [9.17, 15) is 9.59 Å². The topological polar surface area (TPSA) is 93.4 Å². The number of esters is 1. The molecule has 0 saturated heterocycles. The van der Waals surface area contributed by atoms with E-state index in [1.54, 1.807) is 19.1 Å². The Balaban J connectivity index is 0.00000180. The van der Waals surface area contributed by atoms with Gasteiger partial charge in [-0.1, -0.05) is 0 Å². The van der Waals surface area contributed by atoms with E-state index < -0.39 is 17.9 Å². The molecule has 0 bridgehead atoms. The van der Waals surface area contributed by atoms with Crippen LogP contribution in [0, 0.1) is 6.92 Å². The molecule has 6 nitrogen and oxygen atoms in total. The molecule has 0 aliphatic carbocycles. The summed E-state index contributed by atoms with van der Waals surface area (Å²) in [5.41, 5.74) is 8.49. The summed E-state index contributed by atoms with van der Waals surface area (Å²) in [5, 5.41) is 5.49. The maximum Gasteiger partial charge on any atom is 0.338 e. The van der Waals surface area contributed by atoms with Gasteiger partial charge in [0.15, 0.2) is 0 Å². The first-order valence-corrected chi connectivity index (χ1v) is 5.67. The number of rotatable bonds is 2. The highest BCUT2D eigenvalue weighted by Crippen LogP contribution is 2.31. The third kappa shape index (κ3) is 2.90. The van der Waals surface area contributed by atoms with Gasteiger partial charge in [0.05, 0.1) is 18.0 Å². The summed E-state index contributed by atoms with van der Waals surface area (Å²) in [5.74, 6) is -1.02. The average molecular weight is 286 g/mol. The van der Waals surface area contributed by atoms with Crippen LogP contribution in [0.15, 0.2) is 12.1 Å². The number of benzene rings is 1. The molecule has 1 aliphatic heterocycles. The van der Waals surface area contributed by atoms with E-state index in [4.69, 9.17) is 10.5 Å². The number of hydrogen-bond donors (Lipinski definition) is 3. The minimum atomic E-state index is -1.03. The van der Waals surface area contributed by atoms with E-state index in [-0.39, 0.29) is 19.0 Å². The summed E-state index contributed by atoms with van der Waals surface area (Å²) in [6.45, 7) is 3.76. The molecular formula is C12H16ClN3O3. The van der Waals surface area contributed by atoms with Gasteiger partial charge >= 0.3 is 5.97 Å². The maximum absolute atomic E-state index is 11.8. The number of ether oxygens (including phenoxy) is 1. The first-order chi connectivity index (χ1) is 8.52. The molecule has 1 heterocycles. The molecule has 1 aromatic rings. The van der Waals surface area contributed by atoms with Crippen molar-refractivity contribution in [2.75, 3.05) is 23.0 Å². The van der Waals surface area contributed by atoms with Gasteiger partial charge < -0.3 is 21.1 Å². The van der Waals surface area contributed by atoms with Crippen molar-refractivity contribution in [1.82, 2.24) is 0 Å². The molecular weight excluding hydrogens is 270 g/mol. The summed E-state index contributed by atoms with van der Waals surface area (Å²) in [6, 6.07) is 2.42. The van der Waals surface area contributed by atoms with Crippen LogP contribution in [0.25, 0.3) is 0 Å². The molecule has 1 amide bonds. The lowest BCUT2D eigenvalue weighted by molar-refractivity contribution is -0.146. The van der Waals surface area contributed by atoms with Gasteiger partial charge in [-0.25, -0.2) is 4.79 Å². The Morgan fingerprint density at radius 2 is 2.11 bits per heavy atom. The first-order valence-electron chi connectivity index (χ1n) is 5.67. The first kappa shape index (κ1) is 15.1. The number of hydrogen-bond acceptors (Lipinski definition) is 5. The Labute approximate surface area is 117 Å². The lowest BCUT2D eigenvalue weighted by Gasteiger charge is -2.26. The van der Waals surface area contributed by atoms with E-state index in [1.165, 1.54) is 0 Å². The molecule has 0 radical (unpaired) electrons. The number of nitrogens with two attached hydrogens (primary N) is 1. The van der Waals surface area contributed by atoms with E-state index in [2.05, 4.69) is 10.6 Å². The normalized spacial score (nSPS) is 16.5. The van der Waals surface area contributed by atoms with Crippen molar-refractivity contribution in [2.24, 2.45) is 0 Å². The fourth-order valence-electron chi connectivity index (χ4n) is 1.77. The van der Waals surface area contributed by atoms with E-state index >= 15 is 0 Å². The van der Waals surface area contributed by atoms with E-state index in [0.717, 1.165) is 5.56 Å². The van der Waals surface area contributed by atoms with Gasteiger partial charge in [-0.15, -0.1) is 12.4 Å². The molecule has 104 valence electrons. The van der Waals surface area contributed by atoms with Crippen LogP contribution in [0.4, 0.5) is 17.1 Å². The van der Waals surface area contributed by atoms with Crippen molar-refractivity contribution in [1.29, 1.82) is 0 Å². The van der Waals surface area contributed by atoms with Crippen molar-refractivity contribution in [3.63, 3.8) is 0 Å². The van der Waals surface area contributed by atoms with Crippen LogP contribution in [0.1, 0.15) is 12.5 Å². The zero-order valence-corrected chi connectivity index (χ0v) is 11.5. The standard InChI is InChI=1S/C12H15N3O3.ClH/c1-3-18-12(17)10-11(16)15-8-4-6(2)7(13)5-9(8)14-10;/h4-5,10,14H,3,13H2,1-2H3,(H,15,16);1H. The number of halogens is 1. The fraction of sp³-hybridized carbons (Fsp3) is 0.333. The summed E-state index contributed by atoms with van der Waals surface area (Å²) >= 11 is 0. The molecule has 0 fully saturated rings. The largest absolute Gasteiger partial charge is 0.464 e. The van der Waals surface area contributed by atoms with Gasteiger partial charge in [0, 0.05) is 5.69 Å². The van der Waals surface area contributed by atoms with Crippen molar-refractivity contribution >= 4 is 41.3 Å². The van der Waals surface area contributed by atoms with Crippen LogP contribution >= 0.6 is 12.4 Å². The molecule has 0 spiro atoms. The average Bonchev–Trinajstić information content (AvgIpc) is 2.31. The molecule has 2 rings (SSSR count). The molecule has 1 aromatic carbocycles. The van der Waals surface area contributed by atoms with Gasteiger partial charge in [0.1, 0.15) is 0 Å².